The van der Waals surface area contributed by atoms with E-state index in [1.165, 1.54) is 0 Å². The first-order valence-corrected chi connectivity index (χ1v) is 9.27. The number of aliphatic imine (C=N–C) groups is 1. The Bertz CT molecular complexity index is 845. The van der Waals surface area contributed by atoms with Crippen LogP contribution in [0.4, 0.5) is 0 Å². The summed E-state index contributed by atoms with van der Waals surface area (Å²) >= 11 is 0. The monoisotopic (exact) mass is 365 g/mol. The van der Waals surface area contributed by atoms with Gasteiger partial charge in [-0.15, -0.1) is 0 Å². The zero-order chi connectivity index (χ0) is 18.6. The Morgan fingerprint density at radius 2 is 2.22 bits per heavy atom. The predicted octanol–water partition coefficient (Wildman–Crippen LogP) is 2.57. The van der Waals surface area contributed by atoms with Gasteiger partial charge in [0.25, 0.3) is 0 Å². The zero-order valence-corrected chi connectivity index (χ0v) is 15.4. The molecule has 1 amide bonds. The molecule has 2 aliphatic heterocycles. The number of ether oxygens (including phenoxy) is 2. The second-order valence-corrected chi connectivity index (χ2v) is 6.84. The standard InChI is InChI=1S/C21H23N3O3/c1-26-21-17-13-22-16(10-15(17)12-23-21)11-19(25)24-20(18-8-5-9-27-18)14-6-3-2-4-7-14/h2-4,6-7,10,13,18,20H,5,8-9,11-12H2,1H3,(H,24,25)/t18-,20+/m0/s1. The third-order valence-electron chi connectivity index (χ3n) is 5.02. The van der Waals surface area contributed by atoms with Crippen molar-refractivity contribution < 1.29 is 14.3 Å². The summed E-state index contributed by atoms with van der Waals surface area (Å²) in [5, 5.41) is 3.15. The Kier molecular flexibility index (Phi) is 5.16. The number of amides is 1. The van der Waals surface area contributed by atoms with Crippen LogP contribution in [0.2, 0.25) is 0 Å². The first-order chi connectivity index (χ1) is 13.2. The molecule has 4 rings (SSSR count). The highest BCUT2D eigenvalue weighted by molar-refractivity contribution is 5.97. The number of rotatable bonds is 5. The van der Waals surface area contributed by atoms with Gasteiger partial charge in [-0.2, -0.15) is 0 Å². The van der Waals surface area contributed by atoms with Crippen molar-refractivity contribution in [2.24, 2.45) is 4.99 Å². The minimum Gasteiger partial charge on any atom is -0.481 e. The lowest BCUT2D eigenvalue weighted by Gasteiger charge is -2.24. The van der Waals surface area contributed by atoms with Crippen molar-refractivity contribution in [3.05, 3.63) is 65.0 Å². The van der Waals surface area contributed by atoms with Crippen LogP contribution in [0.1, 0.15) is 41.3 Å². The van der Waals surface area contributed by atoms with Crippen LogP contribution in [-0.4, -0.2) is 36.6 Å². The number of pyridine rings is 1. The Hall–Kier alpha value is -2.73. The summed E-state index contributed by atoms with van der Waals surface area (Å²) in [6, 6.07) is 11.8. The molecular weight excluding hydrogens is 342 g/mol. The van der Waals surface area contributed by atoms with Gasteiger partial charge in [0.2, 0.25) is 11.8 Å². The van der Waals surface area contributed by atoms with Crippen molar-refractivity contribution in [3.63, 3.8) is 0 Å². The van der Waals surface area contributed by atoms with Gasteiger partial charge in [0.05, 0.1) is 43.5 Å². The second-order valence-electron chi connectivity index (χ2n) is 6.84. The summed E-state index contributed by atoms with van der Waals surface area (Å²) in [7, 11) is 1.60. The number of hydrogen-bond acceptors (Lipinski definition) is 5. The van der Waals surface area contributed by atoms with E-state index in [1.807, 2.05) is 36.4 Å². The number of carbonyl (C=O) groups excluding carboxylic acids is 1. The van der Waals surface area contributed by atoms with Crippen LogP contribution in [0.25, 0.3) is 0 Å². The Labute approximate surface area is 158 Å². The normalized spacial score (nSPS) is 19.3. The van der Waals surface area contributed by atoms with E-state index >= 15 is 0 Å². The van der Waals surface area contributed by atoms with Gasteiger partial charge in [-0.05, 0) is 30.0 Å². The van der Waals surface area contributed by atoms with E-state index in [1.54, 1.807) is 13.3 Å². The van der Waals surface area contributed by atoms with Gasteiger partial charge in [-0.1, -0.05) is 30.3 Å². The number of aromatic nitrogens is 1. The van der Waals surface area contributed by atoms with Gasteiger partial charge in [-0.3, -0.25) is 9.78 Å². The minimum atomic E-state index is -0.140. The number of methoxy groups -OCH3 is 1. The molecule has 140 valence electrons. The Morgan fingerprint density at radius 3 is 2.96 bits per heavy atom. The fourth-order valence-corrected chi connectivity index (χ4v) is 3.69. The topological polar surface area (TPSA) is 72.8 Å². The molecule has 27 heavy (non-hydrogen) atoms. The maximum absolute atomic E-state index is 12.7. The molecule has 0 bridgehead atoms. The van der Waals surface area contributed by atoms with Crippen molar-refractivity contribution in [3.8, 4) is 0 Å². The van der Waals surface area contributed by atoms with Crippen LogP contribution in [0.5, 0.6) is 0 Å². The molecule has 1 aromatic heterocycles. The quantitative estimate of drug-likeness (QED) is 0.884. The van der Waals surface area contributed by atoms with E-state index in [9.17, 15) is 4.79 Å². The van der Waals surface area contributed by atoms with Crippen LogP contribution >= 0.6 is 0 Å². The summed E-state index contributed by atoms with van der Waals surface area (Å²) in [6.45, 7) is 1.32. The highest BCUT2D eigenvalue weighted by atomic mass is 16.5. The summed E-state index contributed by atoms with van der Waals surface area (Å²) in [6.07, 6.45) is 3.96. The molecule has 6 heteroatoms. The van der Waals surface area contributed by atoms with Gasteiger partial charge in [-0.25, -0.2) is 4.99 Å². The lowest BCUT2D eigenvalue weighted by Crippen LogP contribution is -2.37. The molecule has 6 nitrogen and oxygen atoms in total. The van der Waals surface area contributed by atoms with E-state index in [-0.39, 0.29) is 24.5 Å². The van der Waals surface area contributed by atoms with Crippen molar-refractivity contribution in [1.29, 1.82) is 0 Å². The average molecular weight is 365 g/mol. The zero-order valence-electron chi connectivity index (χ0n) is 15.4. The summed E-state index contributed by atoms with van der Waals surface area (Å²) in [5.41, 5.74) is 3.75. The van der Waals surface area contributed by atoms with Crippen LogP contribution in [-0.2, 0) is 27.2 Å². The van der Waals surface area contributed by atoms with Gasteiger partial charge in [0.15, 0.2) is 0 Å². The Balaban J connectivity index is 1.46. The maximum atomic E-state index is 12.7. The van der Waals surface area contributed by atoms with Crippen molar-refractivity contribution in [2.45, 2.75) is 38.0 Å². The molecule has 2 aliphatic rings. The van der Waals surface area contributed by atoms with E-state index in [0.29, 0.717) is 12.4 Å². The lowest BCUT2D eigenvalue weighted by molar-refractivity contribution is -0.122. The molecule has 2 atom stereocenters. The van der Waals surface area contributed by atoms with Crippen LogP contribution in [0, 0.1) is 0 Å². The third kappa shape index (κ3) is 3.85. The largest absolute Gasteiger partial charge is 0.481 e. The molecule has 1 aromatic carbocycles. The number of carbonyl (C=O) groups is 1. The van der Waals surface area contributed by atoms with Crippen molar-refractivity contribution in [1.82, 2.24) is 10.3 Å². The highest BCUT2D eigenvalue weighted by Gasteiger charge is 2.29. The molecule has 2 aromatic rings. The number of nitrogens with one attached hydrogen (secondary N) is 1. The molecule has 1 fully saturated rings. The van der Waals surface area contributed by atoms with Crippen LogP contribution in [0.15, 0.2) is 47.6 Å². The smallest absolute Gasteiger partial charge is 0.226 e. The number of nitrogens with zero attached hydrogens (tertiary/aromatic N) is 2. The van der Waals surface area contributed by atoms with Crippen LogP contribution < -0.4 is 5.32 Å². The summed E-state index contributed by atoms with van der Waals surface area (Å²) in [4.78, 5) is 21.4. The first kappa shape index (κ1) is 17.7. The van der Waals surface area contributed by atoms with Gasteiger partial charge in [0, 0.05) is 12.8 Å². The second kappa shape index (κ2) is 7.88. The van der Waals surface area contributed by atoms with E-state index < -0.39 is 0 Å². The fourth-order valence-electron chi connectivity index (χ4n) is 3.69. The average Bonchev–Trinajstić information content (AvgIpc) is 3.36. The minimum absolute atomic E-state index is 0.0157. The predicted molar refractivity (Wildman–Crippen MR) is 101 cm³/mol. The molecule has 0 aliphatic carbocycles. The van der Waals surface area contributed by atoms with Crippen molar-refractivity contribution >= 4 is 11.8 Å². The van der Waals surface area contributed by atoms with Crippen molar-refractivity contribution in [2.75, 3.05) is 13.7 Å². The van der Waals surface area contributed by atoms with E-state index in [0.717, 1.165) is 41.8 Å². The molecule has 1 N–H and O–H groups in total. The molecule has 3 heterocycles. The van der Waals surface area contributed by atoms with Gasteiger partial charge >= 0.3 is 0 Å². The number of benzene rings is 1. The molecule has 1 saturated heterocycles. The SMILES string of the molecule is COC1=NCc2cc(CC(=O)N[C@H](c3ccccc3)[C@@H]3CCCO3)ncc21. The molecule has 0 radical (unpaired) electrons. The van der Waals surface area contributed by atoms with E-state index in [2.05, 4.69) is 15.3 Å². The summed E-state index contributed by atoms with van der Waals surface area (Å²) < 4.78 is 11.1. The summed E-state index contributed by atoms with van der Waals surface area (Å²) in [5.74, 6) is 0.550. The van der Waals surface area contributed by atoms with Crippen LogP contribution in [0.3, 0.4) is 0 Å². The maximum Gasteiger partial charge on any atom is 0.226 e. The fraction of sp³-hybridized carbons (Fsp3) is 0.381. The molecule has 0 unspecified atom stereocenters. The first-order valence-electron chi connectivity index (χ1n) is 9.27. The Morgan fingerprint density at radius 1 is 1.37 bits per heavy atom. The molecule has 0 spiro atoms. The lowest BCUT2D eigenvalue weighted by atomic mass is 9.99. The molecular formula is C21H23N3O3. The number of fused-ring (bicyclic) bond motifs is 1. The number of hydrogen-bond donors (Lipinski definition) is 1. The van der Waals surface area contributed by atoms with Gasteiger partial charge in [0.1, 0.15) is 0 Å². The third-order valence-corrected chi connectivity index (χ3v) is 5.02. The van der Waals surface area contributed by atoms with Gasteiger partial charge < -0.3 is 14.8 Å². The van der Waals surface area contributed by atoms with E-state index in [4.69, 9.17) is 9.47 Å². The highest BCUT2D eigenvalue weighted by Crippen LogP contribution is 2.27. The molecule has 0 saturated carbocycles.